The third-order valence-electron chi connectivity index (χ3n) is 20.8. The van der Waals surface area contributed by atoms with Crippen molar-refractivity contribution in [2.75, 3.05) is 9.80 Å². The van der Waals surface area contributed by atoms with Crippen LogP contribution in [0.2, 0.25) is 0 Å². The van der Waals surface area contributed by atoms with Gasteiger partial charge in [0.05, 0.1) is 0 Å². The molecule has 0 aromatic heterocycles. The van der Waals surface area contributed by atoms with E-state index in [4.69, 9.17) is 0 Å². The van der Waals surface area contributed by atoms with Gasteiger partial charge in [0, 0.05) is 55.8 Å². The van der Waals surface area contributed by atoms with Crippen LogP contribution in [0.4, 0.5) is 34.1 Å². The molecule has 0 atom stereocenters. The van der Waals surface area contributed by atoms with E-state index in [0.717, 1.165) is 22.7 Å². The van der Waals surface area contributed by atoms with Gasteiger partial charge in [0.25, 0.3) is 6.71 Å². The van der Waals surface area contributed by atoms with Gasteiger partial charge in [-0.2, -0.15) is 0 Å². The molecule has 0 saturated heterocycles. The predicted molar refractivity (Wildman–Crippen MR) is 396 cm³/mol. The van der Waals surface area contributed by atoms with E-state index in [1.807, 2.05) is 0 Å². The van der Waals surface area contributed by atoms with Crippen molar-refractivity contribution in [1.82, 2.24) is 0 Å². The third kappa shape index (κ3) is 10.1. The zero-order chi connectivity index (χ0) is 63.6. The lowest BCUT2D eigenvalue weighted by Gasteiger charge is -2.46. The molecule has 0 bridgehead atoms. The first-order valence-corrected chi connectivity index (χ1v) is 33.0. The standard InChI is InChI=1S/C90H77BN2/c1-87(2,66-42-25-13-26-43-66)76-56-70(52-54-72(76)62-34-17-9-18-35-62)92-82-50-33-51-83-86(82)91(80-58-74(64-38-21-11-22-39-64)78(60-84(80)92)89(5,6)68-46-29-15-30-47-68)81-59-75(65-40-23-12-24-41-65)79(90(7,8)69-48-31-16-32-49-69)61-85(81)93(83)71-53-55-73(63-36-19-10-20-37-63)77(57-71)88(3,4)67-44-27-14-28-45-67/h9-61H,1-8H3. The second-order valence-electron chi connectivity index (χ2n) is 27.6. The molecule has 0 fully saturated rings. The maximum Gasteiger partial charge on any atom is 0.252 e. The van der Waals surface area contributed by atoms with Crippen LogP contribution in [-0.4, -0.2) is 6.71 Å². The molecule has 15 rings (SSSR count). The molecule has 0 spiro atoms. The first kappa shape index (κ1) is 58.9. The van der Waals surface area contributed by atoms with Crippen LogP contribution in [0.25, 0.3) is 44.5 Å². The Balaban J connectivity index is 1.08. The van der Waals surface area contributed by atoms with Crippen LogP contribution < -0.4 is 26.2 Å². The van der Waals surface area contributed by atoms with Gasteiger partial charge in [-0.25, -0.2) is 0 Å². The SMILES string of the molecule is CC(C)(c1ccccc1)c1cc(N2c3cc(C(C)(C)c4ccccc4)c(-c4ccccc4)cc3B3c4cc(-c5ccccc5)c(C(C)(C)c5ccccc5)cc4N(c4ccc(-c5ccccc5)c(C(C)(C)c5ccccc5)c4)c4cccc2c43)ccc1-c1ccccc1. The number of hydrogen-bond acceptors (Lipinski definition) is 2. The van der Waals surface area contributed by atoms with E-state index in [1.165, 1.54) is 117 Å². The van der Waals surface area contributed by atoms with E-state index < -0.39 is 10.8 Å². The molecule has 2 heterocycles. The van der Waals surface area contributed by atoms with Gasteiger partial charge in [0.1, 0.15) is 0 Å². The summed E-state index contributed by atoms with van der Waals surface area (Å²) in [5.74, 6) is 0. The minimum atomic E-state index is -0.413. The first-order valence-electron chi connectivity index (χ1n) is 33.0. The Morgan fingerprint density at radius 3 is 0.774 bits per heavy atom. The molecule has 450 valence electrons. The van der Waals surface area contributed by atoms with Crippen LogP contribution in [0.1, 0.15) is 99.9 Å². The van der Waals surface area contributed by atoms with Gasteiger partial charge in [0.15, 0.2) is 0 Å². The topological polar surface area (TPSA) is 6.48 Å². The Labute approximate surface area is 551 Å². The molecule has 0 amide bonds. The lowest BCUT2D eigenvalue weighted by Crippen LogP contribution is -2.61. The first-order chi connectivity index (χ1) is 45.2. The van der Waals surface area contributed by atoms with Crippen LogP contribution in [0.5, 0.6) is 0 Å². The second-order valence-corrected chi connectivity index (χ2v) is 27.6. The summed E-state index contributed by atoms with van der Waals surface area (Å²) < 4.78 is 0. The summed E-state index contributed by atoms with van der Waals surface area (Å²) in [6, 6.07) is 121. The molecule has 2 aliphatic rings. The molecular formula is C90H77BN2. The highest BCUT2D eigenvalue weighted by molar-refractivity contribution is 7.00. The number of anilines is 6. The summed E-state index contributed by atoms with van der Waals surface area (Å²) in [6.07, 6.45) is 0. The molecular weight excluding hydrogens is 1120 g/mol. The normalized spacial score (nSPS) is 12.9. The zero-order valence-electron chi connectivity index (χ0n) is 54.6. The van der Waals surface area contributed by atoms with Crippen LogP contribution in [0.15, 0.2) is 322 Å². The van der Waals surface area contributed by atoms with Gasteiger partial charge < -0.3 is 9.80 Å². The molecule has 93 heavy (non-hydrogen) atoms. The van der Waals surface area contributed by atoms with Gasteiger partial charge in [-0.05, 0) is 154 Å². The molecule has 2 aliphatic heterocycles. The summed E-state index contributed by atoms with van der Waals surface area (Å²) in [5, 5.41) is 0. The van der Waals surface area contributed by atoms with Gasteiger partial charge in [-0.3, -0.25) is 0 Å². The molecule has 13 aromatic rings. The molecule has 2 nitrogen and oxygen atoms in total. The van der Waals surface area contributed by atoms with Crippen molar-refractivity contribution in [3.63, 3.8) is 0 Å². The number of benzene rings is 13. The van der Waals surface area contributed by atoms with Crippen molar-refractivity contribution in [3.8, 4) is 44.5 Å². The highest BCUT2D eigenvalue weighted by Gasteiger charge is 2.46. The van der Waals surface area contributed by atoms with Gasteiger partial charge >= 0.3 is 0 Å². The molecule has 0 unspecified atom stereocenters. The van der Waals surface area contributed by atoms with Crippen molar-refractivity contribution in [3.05, 3.63) is 366 Å². The fourth-order valence-electron chi connectivity index (χ4n) is 15.5. The average molecular weight is 1200 g/mol. The number of rotatable bonds is 14. The third-order valence-corrected chi connectivity index (χ3v) is 20.8. The van der Waals surface area contributed by atoms with Crippen molar-refractivity contribution in [2.24, 2.45) is 0 Å². The van der Waals surface area contributed by atoms with Crippen LogP contribution in [-0.2, 0) is 21.7 Å². The minimum absolute atomic E-state index is 0.200. The van der Waals surface area contributed by atoms with Gasteiger partial charge in [-0.15, -0.1) is 0 Å². The molecule has 0 aliphatic carbocycles. The Morgan fingerprint density at radius 1 is 0.226 bits per heavy atom. The molecule has 0 radical (unpaired) electrons. The maximum absolute atomic E-state index is 2.64. The lowest BCUT2D eigenvalue weighted by molar-refractivity contribution is 0.642. The van der Waals surface area contributed by atoms with E-state index in [9.17, 15) is 0 Å². The average Bonchev–Trinajstić information content (AvgIpc) is 0.690. The lowest BCUT2D eigenvalue weighted by atomic mass is 9.33. The Bertz CT molecular complexity index is 4560. The number of nitrogens with zero attached hydrogens (tertiary/aromatic N) is 2. The smallest absolute Gasteiger partial charge is 0.252 e. The summed E-state index contributed by atoms with van der Waals surface area (Å²) in [6.45, 7) is 19.0. The molecule has 13 aromatic carbocycles. The predicted octanol–water partition coefficient (Wildman–Crippen LogP) is 21.7. The van der Waals surface area contributed by atoms with E-state index in [1.54, 1.807) is 0 Å². The van der Waals surface area contributed by atoms with E-state index in [0.29, 0.717) is 0 Å². The fourth-order valence-corrected chi connectivity index (χ4v) is 15.5. The maximum atomic E-state index is 2.64. The monoisotopic (exact) mass is 1200 g/mol. The van der Waals surface area contributed by atoms with Crippen molar-refractivity contribution in [2.45, 2.75) is 77.0 Å². The largest absolute Gasteiger partial charge is 0.311 e. The summed E-state index contributed by atoms with van der Waals surface area (Å²) in [5.41, 5.74) is 28.9. The van der Waals surface area contributed by atoms with Crippen molar-refractivity contribution in [1.29, 1.82) is 0 Å². The van der Waals surface area contributed by atoms with Crippen LogP contribution in [0.3, 0.4) is 0 Å². The van der Waals surface area contributed by atoms with E-state index in [-0.39, 0.29) is 17.5 Å². The van der Waals surface area contributed by atoms with Gasteiger partial charge in [0.2, 0.25) is 0 Å². The van der Waals surface area contributed by atoms with Crippen LogP contribution in [0, 0.1) is 0 Å². The van der Waals surface area contributed by atoms with E-state index >= 15 is 0 Å². The fraction of sp³-hybridized carbons (Fsp3) is 0.133. The summed E-state index contributed by atoms with van der Waals surface area (Å²) >= 11 is 0. The highest BCUT2D eigenvalue weighted by atomic mass is 15.2. The van der Waals surface area contributed by atoms with E-state index in [2.05, 4.69) is 387 Å². The summed E-state index contributed by atoms with van der Waals surface area (Å²) in [4.78, 5) is 5.28. The van der Waals surface area contributed by atoms with Crippen molar-refractivity contribution < 1.29 is 0 Å². The Kier molecular flexibility index (Phi) is 14.8. The Hall–Kier alpha value is -10.5. The minimum Gasteiger partial charge on any atom is -0.311 e. The highest BCUT2D eigenvalue weighted by Crippen LogP contribution is 2.52. The zero-order valence-corrected chi connectivity index (χ0v) is 54.6. The number of hydrogen-bond donors (Lipinski definition) is 0. The quantitative estimate of drug-likeness (QED) is 0.100. The molecule has 0 saturated carbocycles. The van der Waals surface area contributed by atoms with Crippen LogP contribution >= 0.6 is 0 Å². The molecule has 0 N–H and O–H groups in total. The Morgan fingerprint density at radius 2 is 0.484 bits per heavy atom. The molecule has 3 heteroatoms. The second kappa shape index (κ2) is 23.3. The number of fused-ring (bicyclic) bond motifs is 4. The van der Waals surface area contributed by atoms with Gasteiger partial charge in [-0.1, -0.05) is 328 Å². The summed E-state index contributed by atoms with van der Waals surface area (Å²) in [7, 11) is 0. The van der Waals surface area contributed by atoms with Crippen molar-refractivity contribution >= 4 is 57.2 Å².